The Kier molecular flexibility index (Phi) is 4.32. The first-order chi connectivity index (χ1) is 12.4. The molecule has 0 radical (unpaired) electrons. The average Bonchev–Trinajstić information content (AvgIpc) is 2.92. The van der Waals surface area contributed by atoms with Crippen LogP contribution in [0.3, 0.4) is 0 Å². The molecule has 1 aromatic heterocycles. The van der Waals surface area contributed by atoms with Crippen LogP contribution in [-0.4, -0.2) is 60.6 Å². The van der Waals surface area contributed by atoms with Crippen molar-refractivity contribution >= 4 is 15.9 Å². The second-order valence-electron chi connectivity index (χ2n) is 7.07. The SMILES string of the molecule is CS(=O)(=O)N1C[C@H]2CC[C@@H](C1)N(C(=O)c1cnoc1-c1ccccc1)C2. The molecule has 7 nitrogen and oxygen atoms in total. The van der Waals surface area contributed by atoms with Crippen LogP contribution in [0.15, 0.2) is 41.1 Å². The predicted molar refractivity (Wildman–Crippen MR) is 95.9 cm³/mol. The summed E-state index contributed by atoms with van der Waals surface area (Å²) in [4.78, 5) is 15.0. The van der Waals surface area contributed by atoms with Crippen molar-refractivity contribution in [2.45, 2.75) is 18.9 Å². The standard InChI is InChI=1S/C18H21N3O4S/c1-26(23,24)20-10-13-7-8-15(12-20)21(11-13)18(22)16-9-19-25-17(16)14-5-3-2-4-6-14/h2-6,9,13,15H,7-8,10-12H2,1H3/t13-,15+/m1/s1. The fraction of sp³-hybridized carbons (Fsp3) is 0.444. The minimum absolute atomic E-state index is 0.116. The summed E-state index contributed by atoms with van der Waals surface area (Å²) in [6.45, 7) is 1.40. The topological polar surface area (TPSA) is 83.7 Å². The van der Waals surface area contributed by atoms with Crippen molar-refractivity contribution in [3.05, 3.63) is 42.1 Å². The molecule has 138 valence electrons. The van der Waals surface area contributed by atoms with E-state index in [4.69, 9.17) is 4.52 Å². The second-order valence-corrected chi connectivity index (χ2v) is 9.05. The van der Waals surface area contributed by atoms with E-state index in [1.807, 2.05) is 30.3 Å². The Bertz CT molecular complexity index is 910. The van der Waals surface area contributed by atoms with Gasteiger partial charge in [0.1, 0.15) is 5.56 Å². The number of rotatable bonds is 3. The summed E-state index contributed by atoms with van der Waals surface area (Å²) in [6.07, 6.45) is 4.44. The molecule has 3 saturated heterocycles. The maximum atomic E-state index is 13.2. The van der Waals surface area contributed by atoms with Crippen molar-refractivity contribution in [1.29, 1.82) is 0 Å². The normalized spacial score (nSPS) is 23.8. The van der Waals surface area contributed by atoms with E-state index in [1.54, 1.807) is 4.90 Å². The number of carbonyl (C=O) groups is 1. The fourth-order valence-corrected chi connectivity index (χ4v) is 4.83. The number of hydrogen-bond donors (Lipinski definition) is 0. The largest absolute Gasteiger partial charge is 0.355 e. The third-order valence-corrected chi connectivity index (χ3v) is 6.48. The first-order valence-corrected chi connectivity index (χ1v) is 10.5. The zero-order valence-electron chi connectivity index (χ0n) is 14.5. The van der Waals surface area contributed by atoms with E-state index in [2.05, 4.69) is 5.16 Å². The van der Waals surface area contributed by atoms with E-state index >= 15 is 0 Å². The minimum Gasteiger partial charge on any atom is -0.355 e. The van der Waals surface area contributed by atoms with Crippen LogP contribution < -0.4 is 0 Å². The molecule has 0 unspecified atom stereocenters. The maximum Gasteiger partial charge on any atom is 0.259 e. The Balaban J connectivity index is 1.63. The van der Waals surface area contributed by atoms with E-state index in [0.717, 1.165) is 18.4 Å². The van der Waals surface area contributed by atoms with Gasteiger partial charge in [-0.3, -0.25) is 4.79 Å². The zero-order valence-corrected chi connectivity index (χ0v) is 15.4. The van der Waals surface area contributed by atoms with Crippen LogP contribution >= 0.6 is 0 Å². The molecule has 2 bridgehead atoms. The molecule has 1 amide bonds. The smallest absolute Gasteiger partial charge is 0.259 e. The Morgan fingerprint density at radius 1 is 1.15 bits per heavy atom. The van der Waals surface area contributed by atoms with Crippen LogP contribution in [0.25, 0.3) is 11.3 Å². The van der Waals surface area contributed by atoms with Gasteiger partial charge in [-0.2, -0.15) is 4.31 Å². The molecule has 0 N–H and O–H groups in total. The molecule has 2 atom stereocenters. The van der Waals surface area contributed by atoms with Crippen molar-refractivity contribution in [2.24, 2.45) is 5.92 Å². The highest BCUT2D eigenvalue weighted by atomic mass is 32.2. The highest BCUT2D eigenvalue weighted by Gasteiger charge is 2.40. The summed E-state index contributed by atoms with van der Waals surface area (Å²) in [5, 5.41) is 3.83. The third kappa shape index (κ3) is 3.14. The van der Waals surface area contributed by atoms with Gasteiger partial charge in [-0.15, -0.1) is 0 Å². The van der Waals surface area contributed by atoms with Crippen molar-refractivity contribution in [3.63, 3.8) is 0 Å². The number of nitrogens with zero attached hydrogens (tertiary/aromatic N) is 3. The van der Waals surface area contributed by atoms with Gasteiger partial charge in [-0.1, -0.05) is 35.5 Å². The Morgan fingerprint density at radius 3 is 2.65 bits per heavy atom. The van der Waals surface area contributed by atoms with Crippen LogP contribution in [0, 0.1) is 5.92 Å². The molecular weight excluding hydrogens is 354 g/mol. The first-order valence-electron chi connectivity index (χ1n) is 8.69. The Morgan fingerprint density at radius 2 is 1.92 bits per heavy atom. The predicted octanol–water partition coefficient (Wildman–Crippen LogP) is 1.84. The lowest BCUT2D eigenvalue weighted by Gasteiger charge is -2.36. The Labute approximate surface area is 152 Å². The van der Waals surface area contributed by atoms with Crippen molar-refractivity contribution in [2.75, 3.05) is 25.9 Å². The molecule has 26 heavy (non-hydrogen) atoms. The Hall–Kier alpha value is -2.19. The van der Waals surface area contributed by atoms with Gasteiger partial charge in [-0.25, -0.2) is 8.42 Å². The lowest BCUT2D eigenvalue weighted by Crippen LogP contribution is -2.47. The van der Waals surface area contributed by atoms with Gasteiger partial charge in [-0.05, 0) is 18.8 Å². The number of benzene rings is 1. The second kappa shape index (κ2) is 6.51. The molecule has 1 aromatic carbocycles. The number of fused-ring (bicyclic) bond motifs is 4. The van der Waals surface area contributed by atoms with Gasteiger partial charge in [0.05, 0.1) is 12.5 Å². The highest BCUT2D eigenvalue weighted by molar-refractivity contribution is 7.88. The number of aromatic nitrogens is 1. The van der Waals surface area contributed by atoms with Crippen LogP contribution in [0.1, 0.15) is 23.2 Å². The summed E-state index contributed by atoms with van der Waals surface area (Å²) in [7, 11) is -3.26. The van der Waals surface area contributed by atoms with Gasteiger partial charge in [0.2, 0.25) is 10.0 Å². The number of hydrogen-bond acceptors (Lipinski definition) is 5. The quantitative estimate of drug-likeness (QED) is 0.817. The van der Waals surface area contributed by atoms with Crippen LogP contribution in [-0.2, 0) is 10.0 Å². The molecule has 3 aliphatic heterocycles. The molecule has 5 rings (SSSR count). The van der Waals surface area contributed by atoms with Gasteiger partial charge in [0.15, 0.2) is 5.76 Å². The van der Waals surface area contributed by atoms with Gasteiger partial charge < -0.3 is 9.42 Å². The fourth-order valence-electron chi connectivity index (χ4n) is 3.90. The van der Waals surface area contributed by atoms with Crippen LogP contribution in [0.5, 0.6) is 0 Å². The molecular formula is C18H21N3O4S. The number of amides is 1. The van der Waals surface area contributed by atoms with Crippen molar-refractivity contribution in [1.82, 2.24) is 14.4 Å². The van der Waals surface area contributed by atoms with E-state index < -0.39 is 10.0 Å². The monoisotopic (exact) mass is 375 g/mol. The van der Waals surface area contributed by atoms with E-state index in [-0.39, 0.29) is 17.9 Å². The van der Waals surface area contributed by atoms with E-state index in [9.17, 15) is 13.2 Å². The van der Waals surface area contributed by atoms with Crippen LogP contribution in [0.2, 0.25) is 0 Å². The molecule has 3 fully saturated rings. The summed E-state index contributed by atoms with van der Waals surface area (Å²) in [6, 6.07) is 9.28. The summed E-state index contributed by atoms with van der Waals surface area (Å²) in [5.41, 5.74) is 1.22. The van der Waals surface area contributed by atoms with Gasteiger partial charge >= 0.3 is 0 Å². The van der Waals surface area contributed by atoms with E-state index in [0.29, 0.717) is 31.0 Å². The maximum absolute atomic E-state index is 13.2. The lowest BCUT2D eigenvalue weighted by molar-refractivity contribution is 0.0589. The molecule has 4 heterocycles. The number of piperidine rings is 1. The number of carbonyl (C=O) groups excluding carboxylic acids is 1. The average molecular weight is 375 g/mol. The number of sulfonamides is 1. The summed E-state index contributed by atoms with van der Waals surface area (Å²) >= 11 is 0. The molecule has 2 aromatic rings. The molecule has 0 aliphatic carbocycles. The molecule has 0 saturated carbocycles. The lowest BCUT2D eigenvalue weighted by atomic mass is 9.94. The molecule has 8 heteroatoms. The van der Waals surface area contributed by atoms with Crippen LogP contribution in [0.4, 0.5) is 0 Å². The molecule has 0 spiro atoms. The van der Waals surface area contributed by atoms with E-state index in [1.165, 1.54) is 16.8 Å². The van der Waals surface area contributed by atoms with Crippen molar-refractivity contribution < 1.29 is 17.7 Å². The van der Waals surface area contributed by atoms with Gasteiger partial charge in [0.25, 0.3) is 5.91 Å². The minimum atomic E-state index is -3.26. The summed E-state index contributed by atoms with van der Waals surface area (Å²) < 4.78 is 30.9. The zero-order chi connectivity index (χ0) is 18.3. The highest BCUT2D eigenvalue weighted by Crippen LogP contribution is 2.32. The third-order valence-electron chi connectivity index (χ3n) is 5.25. The molecule has 3 aliphatic rings. The first kappa shape index (κ1) is 17.2. The van der Waals surface area contributed by atoms with Gasteiger partial charge in [0, 0.05) is 31.2 Å². The van der Waals surface area contributed by atoms with Crippen molar-refractivity contribution in [3.8, 4) is 11.3 Å². The summed E-state index contributed by atoms with van der Waals surface area (Å²) in [5.74, 6) is 0.471.